The molecule has 0 radical (unpaired) electrons. The van der Waals surface area contributed by atoms with Gasteiger partial charge in [-0.25, -0.2) is 4.79 Å². The minimum absolute atomic E-state index is 0.312. The van der Waals surface area contributed by atoms with Crippen LogP contribution in [0.5, 0.6) is 0 Å². The number of esters is 1. The van der Waals surface area contributed by atoms with Crippen molar-refractivity contribution in [2.24, 2.45) is 11.8 Å². The maximum atomic E-state index is 14.0. The number of likely N-dealkylation sites (tertiary alicyclic amines) is 1. The molecule has 2 bridgehead atoms. The number of alkyl halides is 2. The first kappa shape index (κ1) is 26.1. The molecule has 9 heteroatoms. The smallest absolute Gasteiger partial charge is 0.329 e. The summed E-state index contributed by atoms with van der Waals surface area (Å²) in [4.78, 5) is 52.2. The highest BCUT2D eigenvalue weighted by Crippen LogP contribution is 2.69. The summed E-state index contributed by atoms with van der Waals surface area (Å²) >= 11 is 20.7. The van der Waals surface area contributed by atoms with E-state index in [-0.39, 0.29) is 0 Å². The third-order valence-electron chi connectivity index (χ3n) is 8.14. The summed E-state index contributed by atoms with van der Waals surface area (Å²) in [6.07, 6.45) is -1.15. The lowest BCUT2D eigenvalue weighted by molar-refractivity contribution is -0.159. The zero-order valence-electron chi connectivity index (χ0n) is 20.9. The fraction of sp³-hybridized carbons (Fsp3) is 0.267. The molecular formula is C30H22Cl3NO5. The van der Waals surface area contributed by atoms with Crippen molar-refractivity contribution in [3.05, 3.63) is 106 Å². The molecule has 4 aliphatic rings. The third kappa shape index (κ3) is 3.41. The zero-order valence-corrected chi connectivity index (χ0v) is 23.1. The number of ether oxygens (including phenoxy) is 1. The first-order valence-corrected chi connectivity index (χ1v) is 13.6. The van der Waals surface area contributed by atoms with Gasteiger partial charge in [-0.2, -0.15) is 0 Å². The minimum atomic E-state index is -1.35. The molecule has 0 N–H and O–H groups in total. The Labute approximate surface area is 239 Å². The van der Waals surface area contributed by atoms with Crippen LogP contribution in [0.4, 0.5) is 0 Å². The number of ketones is 1. The Morgan fingerprint density at radius 3 is 1.59 bits per heavy atom. The number of Topliss-reactive ketones (excluding diaryl/α,β-unsaturated/α-hetero) is 1. The lowest BCUT2D eigenvalue weighted by Crippen LogP contribution is -2.57. The third-order valence-corrected chi connectivity index (χ3v) is 9.68. The van der Waals surface area contributed by atoms with Gasteiger partial charge in [0.25, 0.3) is 0 Å². The maximum absolute atomic E-state index is 14.0. The lowest BCUT2D eigenvalue weighted by atomic mass is 9.54. The van der Waals surface area contributed by atoms with E-state index >= 15 is 0 Å². The molecule has 1 heterocycles. The van der Waals surface area contributed by atoms with Gasteiger partial charge < -0.3 is 4.74 Å². The van der Waals surface area contributed by atoms with Gasteiger partial charge in [0.15, 0.2) is 6.10 Å². The van der Waals surface area contributed by atoms with Crippen LogP contribution in [0, 0.1) is 11.8 Å². The van der Waals surface area contributed by atoms with Crippen molar-refractivity contribution in [2.75, 3.05) is 0 Å². The van der Waals surface area contributed by atoms with Gasteiger partial charge in [-0.05, 0) is 60.4 Å². The Balaban J connectivity index is 1.34. The second kappa shape index (κ2) is 8.91. The molecule has 198 valence electrons. The van der Waals surface area contributed by atoms with Crippen molar-refractivity contribution in [3.8, 4) is 0 Å². The van der Waals surface area contributed by atoms with Crippen LogP contribution >= 0.6 is 34.8 Å². The number of amides is 2. The fourth-order valence-corrected chi connectivity index (χ4v) is 7.57. The summed E-state index contributed by atoms with van der Waals surface area (Å²) < 4.78 is 5.43. The van der Waals surface area contributed by atoms with Crippen LogP contribution < -0.4 is 0 Å². The summed E-state index contributed by atoms with van der Waals surface area (Å²) in [5, 5.41) is 0.463. The Morgan fingerprint density at radius 2 is 1.18 bits per heavy atom. The summed E-state index contributed by atoms with van der Waals surface area (Å²) in [6.45, 7) is 2.84. The second-order valence-electron chi connectivity index (χ2n) is 10.1. The lowest BCUT2D eigenvalue weighted by Gasteiger charge is -2.54. The Morgan fingerprint density at radius 1 is 0.769 bits per heavy atom. The molecule has 3 aliphatic carbocycles. The molecule has 0 unspecified atom stereocenters. The number of halogens is 3. The summed E-state index contributed by atoms with van der Waals surface area (Å²) in [5.74, 6) is -4.59. The topological polar surface area (TPSA) is 80.8 Å². The number of nitrogens with zero attached hydrogens (tertiary/aromatic N) is 1. The van der Waals surface area contributed by atoms with Gasteiger partial charge in [0, 0.05) is 10.6 Å². The highest BCUT2D eigenvalue weighted by Gasteiger charge is 2.73. The van der Waals surface area contributed by atoms with Gasteiger partial charge in [-0.15, -0.1) is 23.2 Å². The van der Waals surface area contributed by atoms with Gasteiger partial charge in [0.1, 0.15) is 15.8 Å². The van der Waals surface area contributed by atoms with Crippen molar-refractivity contribution in [1.29, 1.82) is 0 Å². The summed E-state index contributed by atoms with van der Waals surface area (Å²) in [7, 11) is 0. The van der Waals surface area contributed by atoms with Gasteiger partial charge in [0.05, 0.1) is 11.8 Å². The molecule has 7 rings (SSSR count). The first-order valence-electron chi connectivity index (χ1n) is 12.5. The van der Waals surface area contributed by atoms with Crippen LogP contribution in [0.15, 0.2) is 72.8 Å². The molecule has 1 saturated heterocycles. The van der Waals surface area contributed by atoms with Crippen LogP contribution in [-0.4, -0.2) is 40.6 Å². The Bertz CT molecular complexity index is 1450. The number of carbonyl (C=O) groups excluding carboxylic acids is 4. The quantitative estimate of drug-likeness (QED) is 0.173. The van der Waals surface area contributed by atoms with E-state index in [0.717, 1.165) is 4.90 Å². The SMILES string of the molecule is C[C@H](OC(=O)[C@H](C)N1C(=O)[C@@H]2[C@@H](C1=O)C1(Cl)c3ccccc3C2(Cl)c2ccccc21)C(=O)c1ccc(Cl)cc1. The first-order chi connectivity index (χ1) is 18.5. The molecule has 1 fully saturated rings. The number of carbonyl (C=O) groups is 4. The molecule has 6 nitrogen and oxygen atoms in total. The van der Waals surface area contributed by atoms with Crippen molar-refractivity contribution in [3.63, 3.8) is 0 Å². The molecule has 1 aliphatic heterocycles. The summed E-state index contributed by atoms with van der Waals surface area (Å²) in [6, 6.07) is 19.5. The zero-order chi connectivity index (χ0) is 27.9. The molecule has 39 heavy (non-hydrogen) atoms. The van der Waals surface area contributed by atoms with Crippen LogP contribution in [-0.2, 0) is 28.9 Å². The molecule has 0 spiro atoms. The van der Waals surface area contributed by atoms with Gasteiger partial charge in [0.2, 0.25) is 17.6 Å². The molecular weight excluding hydrogens is 561 g/mol. The van der Waals surface area contributed by atoms with Crippen molar-refractivity contribution < 1.29 is 23.9 Å². The predicted octanol–water partition coefficient (Wildman–Crippen LogP) is 5.44. The average Bonchev–Trinajstić information content (AvgIpc) is 3.22. The average molecular weight is 583 g/mol. The van der Waals surface area contributed by atoms with Gasteiger partial charge in [-0.1, -0.05) is 60.1 Å². The van der Waals surface area contributed by atoms with E-state index in [0.29, 0.717) is 32.8 Å². The standard InChI is InChI=1S/C30H22Cl3NO5/c1-15(28(38)39-16(2)25(35)17-11-13-18(31)14-12-17)34-26(36)23-24(27(34)37)30(33)20-8-4-3-7-19(20)29(23,32)21-9-5-6-10-22(21)30/h3-16,23-24H,1-2H3/t15-,16-,23-,24-,29?,30?/m0/s1. The van der Waals surface area contributed by atoms with Gasteiger partial charge in [-0.3, -0.25) is 19.3 Å². The number of hydrogen-bond acceptors (Lipinski definition) is 5. The highest BCUT2D eigenvalue weighted by molar-refractivity contribution is 6.36. The van der Waals surface area contributed by atoms with Crippen molar-refractivity contribution >= 4 is 58.4 Å². The van der Waals surface area contributed by atoms with E-state index in [4.69, 9.17) is 39.5 Å². The van der Waals surface area contributed by atoms with E-state index in [1.807, 2.05) is 48.5 Å². The van der Waals surface area contributed by atoms with Crippen LogP contribution in [0.2, 0.25) is 5.02 Å². The number of hydrogen-bond donors (Lipinski definition) is 0. The van der Waals surface area contributed by atoms with E-state index in [2.05, 4.69) is 0 Å². The van der Waals surface area contributed by atoms with E-state index in [9.17, 15) is 19.2 Å². The molecule has 3 aromatic carbocycles. The normalized spacial score (nSPS) is 27.9. The predicted molar refractivity (Wildman–Crippen MR) is 146 cm³/mol. The van der Waals surface area contributed by atoms with Crippen LogP contribution in [0.1, 0.15) is 46.5 Å². The van der Waals surface area contributed by atoms with E-state index in [1.165, 1.54) is 26.0 Å². The van der Waals surface area contributed by atoms with Crippen molar-refractivity contribution in [2.45, 2.75) is 35.7 Å². The van der Waals surface area contributed by atoms with Gasteiger partial charge >= 0.3 is 5.97 Å². The number of imide groups is 1. The maximum Gasteiger partial charge on any atom is 0.329 e. The largest absolute Gasteiger partial charge is 0.453 e. The molecule has 0 aromatic heterocycles. The highest BCUT2D eigenvalue weighted by atomic mass is 35.5. The van der Waals surface area contributed by atoms with Crippen LogP contribution in [0.3, 0.4) is 0 Å². The van der Waals surface area contributed by atoms with E-state index in [1.54, 1.807) is 12.1 Å². The molecule has 4 atom stereocenters. The monoisotopic (exact) mass is 581 g/mol. The van der Waals surface area contributed by atoms with Crippen molar-refractivity contribution in [1.82, 2.24) is 4.90 Å². The summed E-state index contributed by atoms with van der Waals surface area (Å²) in [5.41, 5.74) is 2.99. The molecule has 2 amide bonds. The van der Waals surface area contributed by atoms with E-state index < -0.39 is 57.3 Å². The molecule has 0 saturated carbocycles. The Kier molecular flexibility index (Phi) is 5.96. The van der Waals surface area contributed by atoms with Crippen LogP contribution in [0.25, 0.3) is 0 Å². The molecule has 3 aromatic rings. The Hall–Kier alpha value is -3.19. The minimum Gasteiger partial charge on any atom is -0.453 e. The number of rotatable bonds is 5. The fourth-order valence-electron chi connectivity index (χ4n) is 6.35. The second-order valence-corrected chi connectivity index (χ2v) is 11.8. The number of benzene rings is 3.